The van der Waals surface area contributed by atoms with Gasteiger partial charge in [-0.15, -0.1) is 13.2 Å². The predicted molar refractivity (Wildman–Crippen MR) is 92.1 cm³/mol. The smallest absolute Gasteiger partial charge is 0.408 e. The van der Waals surface area contributed by atoms with Crippen LogP contribution in [0.1, 0.15) is 53.9 Å². The number of amides is 2. The highest BCUT2D eigenvalue weighted by Gasteiger charge is 2.37. The van der Waals surface area contributed by atoms with Crippen LogP contribution in [0.3, 0.4) is 0 Å². The molecule has 0 aliphatic carbocycles. The Balaban J connectivity index is 2.88. The SMILES string of the molecule is C=C[C@H]1CC[C@@H](C)N1C(=O)[C@H](CC(=C)C)NC(=O)OC(C)(C)C. The van der Waals surface area contributed by atoms with E-state index in [9.17, 15) is 9.59 Å². The Morgan fingerprint density at radius 2 is 2.00 bits per heavy atom. The Morgan fingerprint density at radius 1 is 1.39 bits per heavy atom. The van der Waals surface area contributed by atoms with Gasteiger partial charge in [-0.05, 0) is 53.9 Å². The lowest BCUT2D eigenvalue weighted by Crippen LogP contribution is -2.52. The zero-order valence-corrected chi connectivity index (χ0v) is 15.0. The van der Waals surface area contributed by atoms with E-state index in [1.54, 1.807) is 26.8 Å². The third-order valence-corrected chi connectivity index (χ3v) is 3.78. The van der Waals surface area contributed by atoms with E-state index in [0.717, 1.165) is 18.4 Å². The van der Waals surface area contributed by atoms with Gasteiger partial charge in [0.15, 0.2) is 0 Å². The lowest BCUT2D eigenvalue weighted by Gasteiger charge is -2.31. The highest BCUT2D eigenvalue weighted by Crippen LogP contribution is 2.26. The van der Waals surface area contributed by atoms with E-state index in [1.807, 2.05) is 18.7 Å². The molecular formula is C18H30N2O3. The number of alkyl carbamates (subject to hydrolysis) is 1. The molecule has 1 saturated heterocycles. The van der Waals surface area contributed by atoms with Crippen molar-refractivity contribution < 1.29 is 14.3 Å². The molecule has 3 atom stereocenters. The van der Waals surface area contributed by atoms with E-state index in [1.165, 1.54) is 0 Å². The molecule has 130 valence electrons. The fraction of sp³-hybridized carbons (Fsp3) is 0.667. The summed E-state index contributed by atoms with van der Waals surface area (Å²) in [5.41, 5.74) is 0.229. The first kappa shape index (κ1) is 19.3. The van der Waals surface area contributed by atoms with Crippen molar-refractivity contribution in [3.63, 3.8) is 0 Å². The van der Waals surface area contributed by atoms with Gasteiger partial charge in [0.1, 0.15) is 11.6 Å². The summed E-state index contributed by atoms with van der Waals surface area (Å²) in [5.74, 6) is -0.103. The van der Waals surface area contributed by atoms with Gasteiger partial charge in [-0.1, -0.05) is 11.6 Å². The Morgan fingerprint density at radius 3 is 2.48 bits per heavy atom. The van der Waals surface area contributed by atoms with E-state index < -0.39 is 17.7 Å². The maximum absolute atomic E-state index is 12.9. The topological polar surface area (TPSA) is 58.6 Å². The molecule has 5 heteroatoms. The number of carbonyl (C=O) groups excluding carboxylic acids is 2. The molecule has 23 heavy (non-hydrogen) atoms. The third kappa shape index (κ3) is 5.73. The number of ether oxygens (including phenoxy) is 1. The molecule has 1 fully saturated rings. The van der Waals surface area contributed by atoms with Crippen LogP contribution in [0.4, 0.5) is 4.79 Å². The first-order valence-electron chi connectivity index (χ1n) is 8.13. The maximum atomic E-state index is 12.9. The molecule has 1 rings (SSSR count). The Kier molecular flexibility index (Phi) is 6.42. The summed E-state index contributed by atoms with van der Waals surface area (Å²) in [4.78, 5) is 26.8. The van der Waals surface area contributed by atoms with E-state index in [2.05, 4.69) is 18.5 Å². The molecule has 1 aliphatic rings. The van der Waals surface area contributed by atoms with Crippen LogP contribution < -0.4 is 5.32 Å². The Bertz CT molecular complexity index is 479. The summed E-state index contributed by atoms with van der Waals surface area (Å²) in [6, 6.07) is -0.505. The second-order valence-corrected chi connectivity index (χ2v) is 7.33. The number of rotatable bonds is 5. The van der Waals surface area contributed by atoms with Crippen LogP contribution in [0.5, 0.6) is 0 Å². The molecule has 1 aliphatic heterocycles. The first-order valence-corrected chi connectivity index (χ1v) is 8.13. The van der Waals surface area contributed by atoms with Crippen LogP contribution in [0.2, 0.25) is 0 Å². The number of nitrogens with one attached hydrogen (secondary N) is 1. The van der Waals surface area contributed by atoms with Gasteiger partial charge in [0, 0.05) is 6.04 Å². The number of hydrogen-bond donors (Lipinski definition) is 1. The van der Waals surface area contributed by atoms with Gasteiger partial charge in [-0.2, -0.15) is 0 Å². The van der Waals surface area contributed by atoms with Crippen LogP contribution in [-0.2, 0) is 9.53 Å². The molecule has 2 amide bonds. The number of nitrogens with zero attached hydrogens (tertiary/aromatic N) is 1. The summed E-state index contributed by atoms with van der Waals surface area (Å²) < 4.78 is 5.27. The molecule has 0 aromatic rings. The van der Waals surface area contributed by atoms with Gasteiger partial charge in [0.05, 0.1) is 6.04 Å². The maximum Gasteiger partial charge on any atom is 0.408 e. The second-order valence-electron chi connectivity index (χ2n) is 7.33. The van der Waals surface area contributed by atoms with Crippen molar-refractivity contribution in [1.29, 1.82) is 0 Å². The van der Waals surface area contributed by atoms with Crippen molar-refractivity contribution in [1.82, 2.24) is 10.2 Å². The third-order valence-electron chi connectivity index (χ3n) is 3.78. The Labute approximate surface area is 139 Å². The minimum absolute atomic E-state index is 0.0190. The molecule has 0 aromatic heterocycles. The fourth-order valence-electron chi connectivity index (χ4n) is 2.81. The summed E-state index contributed by atoms with van der Waals surface area (Å²) >= 11 is 0. The van der Waals surface area contributed by atoms with Crippen LogP contribution in [0, 0.1) is 0 Å². The Hall–Kier alpha value is -1.78. The lowest BCUT2D eigenvalue weighted by atomic mass is 10.1. The van der Waals surface area contributed by atoms with Crippen molar-refractivity contribution in [2.45, 2.75) is 77.6 Å². The van der Waals surface area contributed by atoms with E-state index in [0.29, 0.717) is 6.42 Å². The molecule has 0 saturated carbocycles. The number of hydrogen-bond acceptors (Lipinski definition) is 3. The standard InChI is InChI=1S/C18H30N2O3/c1-8-14-10-9-13(4)20(14)16(21)15(11-12(2)3)19-17(22)23-18(5,6)7/h8,13-15H,1-2,9-11H2,3-7H3,(H,19,22)/t13-,14+,15+/m1/s1. The highest BCUT2D eigenvalue weighted by atomic mass is 16.6. The van der Waals surface area contributed by atoms with Gasteiger partial charge in [0.2, 0.25) is 5.91 Å². The average molecular weight is 322 g/mol. The van der Waals surface area contributed by atoms with Crippen molar-refractivity contribution in [3.8, 4) is 0 Å². The van der Waals surface area contributed by atoms with E-state index in [-0.39, 0.29) is 18.0 Å². The summed E-state index contributed by atoms with van der Waals surface area (Å²) in [6.45, 7) is 16.9. The van der Waals surface area contributed by atoms with Crippen LogP contribution in [0.25, 0.3) is 0 Å². The molecule has 0 aromatic carbocycles. The van der Waals surface area contributed by atoms with Crippen LogP contribution in [0.15, 0.2) is 24.8 Å². The molecule has 0 radical (unpaired) electrons. The largest absolute Gasteiger partial charge is 0.444 e. The van der Waals surface area contributed by atoms with Gasteiger partial charge in [-0.3, -0.25) is 4.79 Å². The average Bonchev–Trinajstić information content (AvgIpc) is 2.75. The molecule has 5 nitrogen and oxygen atoms in total. The molecule has 0 unspecified atom stereocenters. The van der Waals surface area contributed by atoms with Gasteiger partial charge in [0.25, 0.3) is 0 Å². The molecule has 0 spiro atoms. The van der Waals surface area contributed by atoms with Gasteiger partial charge >= 0.3 is 6.09 Å². The fourth-order valence-corrected chi connectivity index (χ4v) is 2.81. The number of carbonyl (C=O) groups is 2. The minimum atomic E-state index is -0.662. The van der Waals surface area contributed by atoms with Gasteiger partial charge < -0.3 is 15.0 Å². The summed E-state index contributed by atoms with van der Waals surface area (Å²) in [5, 5.41) is 2.70. The van der Waals surface area contributed by atoms with Crippen molar-refractivity contribution in [2.24, 2.45) is 0 Å². The second kappa shape index (κ2) is 7.66. The van der Waals surface area contributed by atoms with Crippen molar-refractivity contribution >= 4 is 12.0 Å². The predicted octanol–water partition coefficient (Wildman–Crippen LogP) is 3.41. The summed E-state index contributed by atoms with van der Waals surface area (Å²) in [7, 11) is 0. The number of likely N-dealkylation sites (tertiary alicyclic amines) is 1. The lowest BCUT2D eigenvalue weighted by molar-refractivity contribution is -0.135. The molecule has 1 heterocycles. The molecular weight excluding hydrogens is 292 g/mol. The van der Waals surface area contributed by atoms with E-state index in [4.69, 9.17) is 4.74 Å². The quantitative estimate of drug-likeness (QED) is 0.789. The van der Waals surface area contributed by atoms with Crippen LogP contribution >= 0.6 is 0 Å². The summed E-state index contributed by atoms with van der Waals surface area (Å²) in [6.07, 6.45) is 3.45. The zero-order valence-electron chi connectivity index (χ0n) is 15.0. The van der Waals surface area contributed by atoms with Crippen molar-refractivity contribution in [2.75, 3.05) is 0 Å². The van der Waals surface area contributed by atoms with Gasteiger partial charge in [-0.25, -0.2) is 4.79 Å². The van der Waals surface area contributed by atoms with Crippen LogP contribution in [-0.4, -0.2) is 40.6 Å². The molecule has 1 N–H and O–H groups in total. The highest BCUT2D eigenvalue weighted by molar-refractivity contribution is 5.87. The normalized spacial score (nSPS) is 22.4. The minimum Gasteiger partial charge on any atom is -0.444 e. The monoisotopic (exact) mass is 322 g/mol. The first-order chi connectivity index (χ1) is 10.5. The van der Waals surface area contributed by atoms with E-state index >= 15 is 0 Å². The van der Waals surface area contributed by atoms with Crippen molar-refractivity contribution in [3.05, 3.63) is 24.8 Å². The zero-order chi connectivity index (χ0) is 17.8. The molecule has 0 bridgehead atoms.